The van der Waals surface area contributed by atoms with Crippen molar-refractivity contribution in [1.82, 2.24) is 39.0 Å². The maximum absolute atomic E-state index is 15.9. The Morgan fingerprint density at radius 1 is 0.955 bits per heavy atom. The first-order chi connectivity index (χ1) is 21.1. The van der Waals surface area contributed by atoms with Gasteiger partial charge in [-0.1, -0.05) is 0 Å². The Balaban J connectivity index is 1.17. The van der Waals surface area contributed by atoms with E-state index in [1.165, 1.54) is 34.4 Å². The van der Waals surface area contributed by atoms with Gasteiger partial charge in [0.05, 0.1) is 25.9 Å². The molecule has 4 aromatic heterocycles. The van der Waals surface area contributed by atoms with Crippen molar-refractivity contribution in [1.29, 1.82) is 0 Å². The molecule has 0 saturated carbocycles. The first-order valence-corrected chi connectivity index (χ1v) is 16.1. The number of aromatic nitrogens is 8. The van der Waals surface area contributed by atoms with Crippen molar-refractivity contribution in [3.8, 4) is 0 Å². The summed E-state index contributed by atoms with van der Waals surface area (Å²) in [6.45, 7) is -4.97. The van der Waals surface area contributed by atoms with E-state index in [0.717, 1.165) is 0 Å². The maximum Gasteiger partial charge on any atom is 0.325 e. The number of hydrogen-bond donors (Lipinski definition) is 3. The van der Waals surface area contributed by atoms with Gasteiger partial charge < -0.3 is 39.7 Å². The maximum atomic E-state index is 15.9. The second kappa shape index (κ2) is 12.5. The van der Waals surface area contributed by atoms with Crippen molar-refractivity contribution >= 4 is 68.2 Å². The van der Waals surface area contributed by atoms with Gasteiger partial charge in [-0.2, -0.15) is 0 Å². The molecule has 2 aliphatic heterocycles. The van der Waals surface area contributed by atoms with Crippen molar-refractivity contribution in [2.24, 2.45) is 5.92 Å². The zero-order valence-corrected chi connectivity index (χ0v) is 25.3. The number of hydrogen-bond acceptors (Lipinski definition) is 15. The van der Waals surface area contributed by atoms with Crippen LogP contribution in [-0.4, -0.2) is 94.1 Å². The molecule has 2 aliphatic rings. The minimum atomic E-state index is -4.23. The molecule has 2 fully saturated rings. The monoisotopic (exact) mass is 674 g/mol. The summed E-state index contributed by atoms with van der Waals surface area (Å²) in [5.74, 6) is -0.754. The third-order valence-corrected chi connectivity index (χ3v) is 9.07. The number of fused-ring (bicyclic) bond motifs is 2. The average molecular weight is 675 g/mol. The highest BCUT2D eigenvalue weighted by Gasteiger charge is 2.51. The Morgan fingerprint density at radius 2 is 1.55 bits per heavy atom. The van der Waals surface area contributed by atoms with Gasteiger partial charge in [0.1, 0.15) is 60.7 Å². The highest BCUT2D eigenvalue weighted by atomic mass is 32.5. The molecule has 5 N–H and O–H groups in total. The minimum Gasteiger partial charge on any atom is -0.382 e. The van der Waals surface area contributed by atoms with Gasteiger partial charge in [-0.25, -0.2) is 38.7 Å². The van der Waals surface area contributed by atoms with Crippen LogP contribution in [0.1, 0.15) is 18.9 Å². The smallest absolute Gasteiger partial charge is 0.325 e. The predicted octanol–water partition coefficient (Wildman–Crippen LogP) is 0.932. The number of rotatable bonds is 11. The van der Waals surface area contributed by atoms with Gasteiger partial charge >= 0.3 is 6.72 Å². The summed E-state index contributed by atoms with van der Waals surface area (Å²) >= 11 is 5.16. The van der Waals surface area contributed by atoms with Crippen molar-refractivity contribution < 1.29 is 41.5 Å². The van der Waals surface area contributed by atoms with Crippen molar-refractivity contribution in [2.45, 2.75) is 49.5 Å². The number of nitrogens with zero attached hydrogens (tertiary/aromatic N) is 8. The summed E-state index contributed by atoms with van der Waals surface area (Å²) < 4.78 is 62.1. The van der Waals surface area contributed by atoms with Gasteiger partial charge in [0.2, 0.25) is 0 Å². The molecule has 44 heavy (non-hydrogen) atoms. The Morgan fingerprint density at radius 3 is 2.14 bits per heavy atom. The van der Waals surface area contributed by atoms with Gasteiger partial charge in [0.15, 0.2) is 35.3 Å². The molecule has 0 radical (unpaired) electrons. The summed E-state index contributed by atoms with van der Waals surface area (Å²) in [6, 6.07) is 0. The number of carbonyl (C=O) groups is 1. The normalized spacial score (nSPS) is 30.3. The SMILES string of the molecule is Nc1ncnc2c1ncn2[C@@H]1O[C@H](COP)[C@@H](OP(O)(=S)OC[C@H]2O[C@@H](n3cnc4c(N)ncnc43)[C@H](CC=O)[C@@H]2F)[C@H]1F. The summed E-state index contributed by atoms with van der Waals surface area (Å²) in [5, 5.41) is 0. The van der Waals surface area contributed by atoms with Crippen molar-refractivity contribution in [2.75, 3.05) is 24.7 Å². The molecule has 10 atom stereocenters. The van der Waals surface area contributed by atoms with Crippen molar-refractivity contribution in [3.05, 3.63) is 25.3 Å². The van der Waals surface area contributed by atoms with Crippen LogP contribution in [0, 0.1) is 5.92 Å². The summed E-state index contributed by atoms with van der Waals surface area (Å²) in [6.07, 6.45) is -4.35. The molecule has 0 aromatic carbocycles. The fourth-order valence-corrected chi connectivity index (χ4v) is 6.91. The van der Waals surface area contributed by atoms with Gasteiger partial charge in [-0.3, -0.25) is 13.7 Å². The Labute approximate surface area is 254 Å². The first kappa shape index (κ1) is 31.1. The van der Waals surface area contributed by atoms with Gasteiger partial charge in [-0.15, -0.1) is 0 Å². The fraction of sp³-hybridized carbons (Fsp3) is 0.500. The number of ether oxygens (including phenoxy) is 2. The van der Waals surface area contributed by atoms with E-state index in [1.807, 2.05) is 9.47 Å². The average Bonchev–Trinajstić information content (AvgIpc) is 3.75. The molecule has 236 valence electrons. The molecule has 17 nitrogen and oxygen atoms in total. The van der Waals surface area contributed by atoms with Crippen molar-refractivity contribution in [3.63, 3.8) is 0 Å². The third kappa shape index (κ3) is 5.65. The van der Waals surface area contributed by atoms with Crippen LogP contribution in [0.4, 0.5) is 20.4 Å². The first-order valence-electron chi connectivity index (χ1n) is 13.0. The molecule has 0 aliphatic carbocycles. The number of nitrogen functional groups attached to an aromatic ring is 2. The topological polar surface area (TPSA) is 223 Å². The second-order valence-electron chi connectivity index (χ2n) is 9.92. The van der Waals surface area contributed by atoms with Crippen LogP contribution < -0.4 is 11.5 Å². The number of nitrogens with two attached hydrogens (primary N) is 2. The lowest BCUT2D eigenvalue weighted by molar-refractivity contribution is -0.109. The molecule has 2 saturated heterocycles. The van der Waals surface area contributed by atoms with E-state index in [1.54, 1.807) is 0 Å². The van der Waals surface area contributed by atoms with E-state index < -0.39 is 62.4 Å². The van der Waals surface area contributed by atoms with Gasteiger partial charge in [-0.05, 0) is 11.8 Å². The van der Waals surface area contributed by atoms with Crippen LogP contribution in [-0.2, 0) is 39.6 Å². The minimum absolute atomic E-state index is 0.0932. The van der Waals surface area contributed by atoms with Crippen LogP contribution in [0.3, 0.4) is 0 Å². The summed E-state index contributed by atoms with van der Waals surface area (Å²) in [7, 11) is 2.02. The molecule has 6 heterocycles. The summed E-state index contributed by atoms with van der Waals surface area (Å²) in [5.41, 5.74) is 12.7. The van der Waals surface area contributed by atoms with Gasteiger partial charge in [0, 0.05) is 21.8 Å². The van der Waals surface area contributed by atoms with Crippen LogP contribution in [0.5, 0.6) is 0 Å². The predicted molar refractivity (Wildman–Crippen MR) is 154 cm³/mol. The van der Waals surface area contributed by atoms with E-state index in [2.05, 4.69) is 29.9 Å². The molecule has 0 bridgehead atoms. The van der Waals surface area contributed by atoms with Crippen LogP contribution in [0.25, 0.3) is 22.3 Å². The number of imidazole rings is 2. The van der Waals surface area contributed by atoms with E-state index in [9.17, 15) is 9.69 Å². The number of anilines is 2. The highest BCUT2D eigenvalue weighted by Crippen LogP contribution is 2.51. The molecular formula is C22H26F2N10O7P2S. The Bertz CT molecular complexity index is 1720. The number of aldehydes is 1. The largest absolute Gasteiger partial charge is 0.382 e. The van der Waals surface area contributed by atoms with Crippen LogP contribution >= 0.6 is 16.2 Å². The lowest BCUT2D eigenvalue weighted by Crippen LogP contribution is -2.34. The van der Waals surface area contributed by atoms with E-state index >= 15 is 8.78 Å². The van der Waals surface area contributed by atoms with Crippen LogP contribution in [0.2, 0.25) is 0 Å². The number of halogens is 2. The van der Waals surface area contributed by atoms with Crippen LogP contribution in [0.15, 0.2) is 25.3 Å². The standard InChI is InChI=1S/C22H26F2N10O7P2S/c23-12-9(1-2-35)21(33-7-31-14-17(25)27-5-29-19(14)33)39-10(12)4-38-43(36,44)41-16-11(3-37-42)40-22(13(16)24)34-8-32-15-18(26)28-6-30-20(15)34/h2,5-13,16,21-22H,1,3-4,42H2,(H,36,44)(H2,25,27,29)(H2,26,28,30)/t9-,10-,11-,12+,13-,16-,21-,22-,43?/m1/s1. The quantitative estimate of drug-likeness (QED) is 0.149. The third-order valence-electron chi connectivity index (χ3n) is 7.32. The zero-order chi connectivity index (χ0) is 31.2. The number of carbonyl (C=O) groups excluding carboxylic acids is 1. The summed E-state index contributed by atoms with van der Waals surface area (Å²) in [4.78, 5) is 46.6. The number of alkyl halides is 2. The fourth-order valence-electron chi connectivity index (χ4n) is 5.29. The molecule has 0 spiro atoms. The molecule has 6 rings (SSSR count). The van der Waals surface area contributed by atoms with E-state index in [4.69, 9.17) is 46.3 Å². The molecular weight excluding hydrogens is 648 g/mol. The van der Waals surface area contributed by atoms with Gasteiger partial charge in [0.25, 0.3) is 0 Å². The molecule has 4 aromatic rings. The second-order valence-corrected chi connectivity index (χ2v) is 13.0. The van der Waals surface area contributed by atoms with E-state index in [-0.39, 0.29) is 47.0 Å². The highest BCUT2D eigenvalue weighted by molar-refractivity contribution is 8.07. The Kier molecular flexibility index (Phi) is 8.80. The van der Waals surface area contributed by atoms with E-state index in [0.29, 0.717) is 6.29 Å². The molecule has 22 heteroatoms. The Hall–Kier alpha value is -2.93. The molecule has 2 unspecified atom stereocenters. The zero-order valence-electron chi connectivity index (χ0n) is 22.4. The molecule has 0 amide bonds. The lowest BCUT2D eigenvalue weighted by atomic mass is 9.98. The lowest BCUT2D eigenvalue weighted by Gasteiger charge is -2.25.